The van der Waals surface area contributed by atoms with Crippen LogP contribution >= 0.6 is 7.26 Å². The van der Waals surface area contributed by atoms with Gasteiger partial charge in [-0.05, 0) is 0 Å². The van der Waals surface area contributed by atoms with E-state index >= 15 is 0 Å². The molecule has 0 bridgehead atoms. The van der Waals surface area contributed by atoms with Crippen LogP contribution in [0.3, 0.4) is 0 Å². The molecule has 0 saturated carbocycles. The summed E-state index contributed by atoms with van der Waals surface area (Å²) in [7, 11) is -3.03. The largest absolute Gasteiger partial charge is 1.00 e. The Morgan fingerprint density at radius 2 is 0.933 bits per heavy atom. The van der Waals surface area contributed by atoms with Gasteiger partial charge in [0, 0.05) is 0 Å². The van der Waals surface area contributed by atoms with Crippen molar-refractivity contribution in [3.63, 3.8) is 0 Å². The van der Waals surface area contributed by atoms with Gasteiger partial charge in [0.1, 0.15) is 0 Å². The van der Waals surface area contributed by atoms with Crippen molar-refractivity contribution in [2.24, 2.45) is 0 Å². The molecule has 0 fully saturated rings. The fourth-order valence-corrected chi connectivity index (χ4v) is 0.385. The molecule has 0 amide bonds. The smallest absolute Gasteiger partial charge is 0.832 e. The van der Waals surface area contributed by atoms with Crippen molar-refractivity contribution in [1.29, 1.82) is 0 Å². The standard InChI is InChI=1S/C6H6.C4H13P.BH2O3/c1-2-4-6-5-3-1;1-5(2,3)4;2-1(3)4/h1-6H;5H,1-4H3;2-3H/q;;-1/p+1. The van der Waals surface area contributed by atoms with Crippen LogP contribution in [0.5, 0.6) is 0 Å². The first-order chi connectivity index (χ1) is 6.73. The predicted molar refractivity (Wildman–Crippen MR) is 69.8 cm³/mol. The maximum absolute atomic E-state index is 8.64. The third kappa shape index (κ3) is 58.4. The van der Waals surface area contributed by atoms with E-state index in [1.165, 1.54) is 0 Å². The second kappa shape index (κ2) is 10.1. The molecule has 1 aromatic rings. The maximum atomic E-state index is 8.64. The van der Waals surface area contributed by atoms with Crippen molar-refractivity contribution >= 4 is 14.6 Å². The van der Waals surface area contributed by atoms with Crippen LogP contribution in [0.2, 0.25) is 0 Å². The van der Waals surface area contributed by atoms with Gasteiger partial charge in [-0.1, -0.05) is 36.4 Å². The summed E-state index contributed by atoms with van der Waals surface area (Å²) in [5, 5.41) is 22.8. The van der Waals surface area contributed by atoms with Crippen molar-refractivity contribution < 1.29 is 16.5 Å². The van der Waals surface area contributed by atoms with E-state index in [0.29, 0.717) is 0 Å². The molecule has 0 aliphatic rings. The fourth-order valence-electron chi connectivity index (χ4n) is 0.385. The molecule has 0 aliphatic heterocycles. The van der Waals surface area contributed by atoms with Crippen LogP contribution in [-0.4, -0.2) is 44.0 Å². The summed E-state index contributed by atoms with van der Waals surface area (Å²) in [4.78, 5) is 0. The normalized spacial score (nSPS) is 10.1. The Bertz CT molecular complexity index is 182. The Labute approximate surface area is 94.8 Å². The Kier molecular flexibility index (Phi) is 11.5. The Balaban J connectivity index is -0.000000158. The minimum absolute atomic E-state index is 0. The predicted octanol–water partition coefficient (Wildman–Crippen LogP) is 0.371. The first kappa shape index (κ1) is 17.0. The topological polar surface area (TPSA) is 63.5 Å². The number of hydrogen-bond acceptors (Lipinski definition) is 3. The average molecular weight is 232 g/mol. The molecular weight excluding hydrogens is 210 g/mol. The van der Waals surface area contributed by atoms with Crippen LogP contribution in [0.15, 0.2) is 36.4 Å². The molecule has 0 saturated heterocycles. The second-order valence-corrected chi connectivity index (χ2v) is 10.5. The molecule has 0 heterocycles. The van der Waals surface area contributed by atoms with E-state index in [2.05, 4.69) is 26.7 Å². The summed E-state index contributed by atoms with van der Waals surface area (Å²) in [6.07, 6.45) is 0. The molecule has 0 aliphatic carbocycles. The van der Waals surface area contributed by atoms with E-state index in [9.17, 15) is 0 Å². The zero-order valence-corrected chi connectivity index (χ0v) is 10.8. The van der Waals surface area contributed by atoms with Crippen molar-refractivity contribution in [2.75, 3.05) is 26.7 Å². The van der Waals surface area contributed by atoms with Gasteiger partial charge in [0.15, 0.2) is 0 Å². The van der Waals surface area contributed by atoms with Gasteiger partial charge in [-0.15, -0.1) is 0 Å². The van der Waals surface area contributed by atoms with Gasteiger partial charge in [0.05, 0.1) is 0 Å². The third-order valence-corrected chi connectivity index (χ3v) is 0.667. The summed E-state index contributed by atoms with van der Waals surface area (Å²) < 4.78 is 0. The van der Waals surface area contributed by atoms with Crippen LogP contribution in [0.4, 0.5) is 0 Å². The van der Waals surface area contributed by atoms with E-state index < -0.39 is 14.6 Å². The first-order valence-corrected chi connectivity index (χ1v) is 8.75. The molecular formula is C10H22BO3P. The van der Waals surface area contributed by atoms with Crippen LogP contribution in [0, 0.1) is 0 Å². The number of hydrogen-bond donors (Lipinski definition) is 2. The number of rotatable bonds is 0. The molecule has 0 atom stereocenters. The molecule has 0 spiro atoms. The van der Waals surface area contributed by atoms with Gasteiger partial charge in [-0.3, -0.25) is 0 Å². The second-order valence-electron chi connectivity index (χ2n) is 4.48. The first-order valence-electron chi connectivity index (χ1n) is 4.75. The third-order valence-electron chi connectivity index (χ3n) is 0.667. The molecule has 88 valence electrons. The quantitative estimate of drug-likeness (QED) is 0.501. The van der Waals surface area contributed by atoms with Crippen LogP contribution in [0.25, 0.3) is 0 Å². The van der Waals surface area contributed by atoms with Gasteiger partial charge in [-0.25, -0.2) is 0 Å². The summed E-state index contributed by atoms with van der Waals surface area (Å²) in [5.74, 6) is 0. The molecule has 0 aromatic heterocycles. The van der Waals surface area contributed by atoms with E-state index in [0.717, 1.165) is 0 Å². The van der Waals surface area contributed by atoms with Crippen molar-refractivity contribution in [2.45, 2.75) is 0 Å². The summed E-state index contributed by atoms with van der Waals surface area (Å²) in [5.41, 5.74) is 0. The van der Waals surface area contributed by atoms with Crippen LogP contribution in [-0.2, 0) is 0 Å². The van der Waals surface area contributed by atoms with E-state index in [4.69, 9.17) is 15.1 Å². The van der Waals surface area contributed by atoms with Gasteiger partial charge in [0.25, 0.3) is 0 Å². The van der Waals surface area contributed by atoms with Crippen molar-refractivity contribution in [1.82, 2.24) is 0 Å². The van der Waals surface area contributed by atoms with Gasteiger partial charge in [0.2, 0.25) is 0 Å². The van der Waals surface area contributed by atoms with E-state index in [-0.39, 0.29) is 1.43 Å². The minimum atomic E-state index is -2.42. The molecule has 2 N–H and O–H groups in total. The summed E-state index contributed by atoms with van der Waals surface area (Å²) in [6, 6.07) is 12.0. The monoisotopic (exact) mass is 232 g/mol. The van der Waals surface area contributed by atoms with Crippen molar-refractivity contribution in [3.8, 4) is 0 Å². The minimum Gasteiger partial charge on any atom is -0.832 e. The van der Waals surface area contributed by atoms with Gasteiger partial charge >= 0.3 is 42.7 Å². The molecule has 3 nitrogen and oxygen atoms in total. The van der Waals surface area contributed by atoms with Gasteiger partial charge < -0.3 is 15.1 Å². The maximum Gasteiger partial charge on any atom is 1.00 e. The van der Waals surface area contributed by atoms with E-state index in [1.54, 1.807) is 0 Å². The molecule has 0 unspecified atom stereocenters. The van der Waals surface area contributed by atoms with E-state index in [1.807, 2.05) is 36.4 Å². The van der Waals surface area contributed by atoms with Crippen molar-refractivity contribution in [3.05, 3.63) is 36.4 Å². The summed E-state index contributed by atoms with van der Waals surface area (Å²) >= 11 is 0. The Morgan fingerprint density at radius 1 is 0.867 bits per heavy atom. The van der Waals surface area contributed by atoms with Gasteiger partial charge in [-0.2, -0.15) is 0 Å². The Hall–Kier alpha value is -0.405. The molecule has 0 radical (unpaired) electrons. The molecule has 15 heavy (non-hydrogen) atoms. The average Bonchev–Trinajstić information content (AvgIpc) is 2.03. The molecule has 1 aromatic carbocycles. The summed E-state index contributed by atoms with van der Waals surface area (Å²) in [6.45, 7) is 9.31. The zero-order valence-electron chi connectivity index (χ0n) is 10.8. The molecule has 5 heteroatoms. The molecule has 1 rings (SSSR count). The van der Waals surface area contributed by atoms with Crippen LogP contribution in [0.1, 0.15) is 1.43 Å². The fraction of sp³-hybridized carbons (Fsp3) is 0.400. The SMILES string of the molecule is C[PH](C)(C)C.[H+].[O-]B(O)O.c1ccccc1. The Morgan fingerprint density at radius 3 is 1.00 bits per heavy atom. The van der Waals surface area contributed by atoms with Crippen LogP contribution < -0.4 is 5.02 Å². The zero-order chi connectivity index (χ0) is 12.3. The number of benzene rings is 1.